The van der Waals surface area contributed by atoms with E-state index in [1.807, 2.05) is 31.2 Å². The van der Waals surface area contributed by atoms with Crippen LogP contribution in [0.1, 0.15) is 18.1 Å². The highest BCUT2D eigenvalue weighted by atomic mass is 16.3. The smallest absolute Gasteiger partial charge is 0.122 e. The number of rotatable bonds is 3. The molecule has 0 saturated carbocycles. The summed E-state index contributed by atoms with van der Waals surface area (Å²) >= 11 is 0. The average Bonchev–Trinajstić information content (AvgIpc) is 2.38. The Hall–Kier alpha value is -2.06. The van der Waals surface area contributed by atoms with E-state index in [0.29, 0.717) is 11.1 Å². The predicted octanol–water partition coefficient (Wildman–Crippen LogP) is 3.23. The molecule has 2 heteroatoms. The summed E-state index contributed by atoms with van der Waals surface area (Å²) < 4.78 is 7.59. The van der Waals surface area contributed by atoms with E-state index in [1.54, 1.807) is 30.3 Å². The number of benzene rings is 2. The molecule has 18 heavy (non-hydrogen) atoms. The van der Waals surface area contributed by atoms with E-state index in [9.17, 15) is 10.2 Å². The molecular weight excluding hydrogens is 224 g/mol. The number of aliphatic hydroxyl groups excluding tert-OH is 1. The van der Waals surface area contributed by atoms with Crippen molar-refractivity contribution in [3.63, 3.8) is 0 Å². The molecule has 1 unspecified atom stereocenters. The van der Waals surface area contributed by atoms with Crippen LogP contribution in [0.15, 0.2) is 48.5 Å². The van der Waals surface area contributed by atoms with Crippen LogP contribution in [0, 0.1) is 6.92 Å². The minimum atomic E-state index is -1.35. The fourth-order valence-electron chi connectivity index (χ4n) is 1.86. The van der Waals surface area contributed by atoms with Crippen molar-refractivity contribution in [2.75, 3.05) is 6.58 Å². The maximum atomic E-state index is 9.77. The molecule has 0 saturated heterocycles. The Balaban J connectivity index is 2.54. The first kappa shape index (κ1) is 11.1. The number of para-hydroxylation sites is 1. The van der Waals surface area contributed by atoms with Gasteiger partial charge in [-0.05, 0) is 35.8 Å². The molecule has 92 valence electrons. The Bertz CT molecular complexity index is 603. The van der Waals surface area contributed by atoms with Gasteiger partial charge < -0.3 is 10.2 Å². The number of hydrogen-bond donors (Lipinski definition) is 2. The quantitative estimate of drug-likeness (QED) is 0.811. The molecule has 1 atom stereocenters. The zero-order valence-electron chi connectivity index (χ0n) is 11.2. The first-order chi connectivity index (χ1) is 9.09. The summed E-state index contributed by atoms with van der Waals surface area (Å²) in [6, 6.07) is 14.4. The molecule has 0 fully saturated rings. The van der Waals surface area contributed by atoms with Crippen LogP contribution < -0.4 is 0 Å². The molecule has 0 radical (unpaired) electrons. The summed E-state index contributed by atoms with van der Waals surface area (Å²) in [5.74, 6) is 0.134. The van der Waals surface area contributed by atoms with Crippen molar-refractivity contribution in [2.45, 2.75) is 6.92 Å². The van der Waals surface area contributed by atoms with Crippen LogP contribution >= 0.6 is 0 Å². The third kappa shape index (κ3) is 2.60. The fraction of sp³-hybridized carbons (Fsp3) is 0.125. The lowest BCUT2D eigenvalue weighted by atomic mass is 9.99. The number of aromatic hydroxyl groups is 1. The lowest BCUT2D eigenvalue weighted by Crippen LogP contribution is -1.93. The van der Waals surface area contributed by atoms with Crippen molar-refractivity contribution < 1.29 is 11.6 Å². The van der Waals surface area contributed by atoms with Crippen molar-refractivity contribution in [3.8, 4) is 5.75 Å². The van der Waals surface area contributed by atoms with Crippen molar-refractivity contribution in [1.29, 1.82) is 0 Å². The standard InChI is InChI=1S/C16H16O2/c1-12-6-2-4-8-15(12)14(11-17)10-13-7-3-5-9-16(13)18/h2-10,17-18H,11H2,1H3/i11T. The summed E-state index contributed by atoms with van der Waals surface area (Å²) in [5, 5.41) is 19.4. The summed E-state index contributed by atoms with van der Waals surface area (Å²) in [7, 11) is 0. The SMILES string of the molecule is [3H]C(O)C(=Cc1ccccc1O)c1ccccc1C. The highest BCUT2D eigenvalue weighted by Gasteiger charge is 2.05. The number of hydrogen-bond acceptors (Lipinski definition) is 2. The topological polar surface area (TPSA) is 40.5 Å². The van der Waals surface area contributed by atoms with Gasteiger partial charge in [0, 0.05) is 5.56 Å². The minimum absolute atomic E-state index is 0.134. The van der Waals surface area contributed by atoms with Crippen molar-refractivity contribution >= 4 is 11.6 Å². The summed E-state index contributed by atoms with van der Waals surface area (Å²) in [5.41, 5.74) is 2.86. The maximum absolute atomic E-state index is 9.77. The molecule has 2 N–H and O–H groups in total. The Labute approximate surface area is 108 Å². The second-order valence-corrected chi connectivity index (χ2v) is 4.10. The lowest BCUT2D eigenvalue weighted by Gasteiger charge is -2.09. The Kier molecular flexibility index (Phi) is 3.39. The van der Waals surface area contributed by atoms with Crippen molar-refractivity contribution in [2.24, 2.45) is 0 Å². The molecule has 0 aliphatic carbocycles. The Morgan fingerprint density at radius 3 is 2.50 bits per heavy atom. The summed E-state index contributed by atoms with van der Waals surface area (Å²) in [6.45, 7) is 0.580. The number of phenolic OH excluding ortho intramolecular Hbond substituents is 1. The first-order valence-corrected chi connectivity index (χ1v) is 5.75. The summed E-state index contributed by atoms with van der Waals surface area (Å²) in [6.07, 6.45) is 1.65. The van der Waals surface area contributed by atoms with Gasteiger partial charge in [0.25, 0.3) is 0 Å². The van der Waals surface area contributed by atoms with Crippen LogP contribution in [-0.2, 0) is 0 Å². The minimum Gasteiger partial charge on any atom is -0.507 e. The van der Waals surface area contributed by atoms with Crippen molar-refractivity contribution in [1.82, 2.24) is 0 Å². The molecule has 2 aromatic rings. The largest absolute Gasteiger partial charge is 0.507 e. The molecule has 0 aromatic heterocycles. The fourth-order valence-corrected chi connectivity index (χ4v) is 1.86. The van der Waals surface area contributed by atoms with E-state index >= 15 is 0 Å². The van der Waals surface area contributed by atoms with Gasteiger partial charge in [-0.2, -0.15) is 0 Å². The molecular formula is C16H16O2. The van der Waals surface area contributed by atoms with Crippen LogP contribution in [-0.4, -0.2) is 16.8 Å². The molecule has 0 amide bonds. The zero-order chi connectivity index (χ0) is 13.8. The number of aryl methyl sites for hydroxylation is 1. The van der Waals surface area contributed by atoms with Gasteiger partial charge in [0.05, 0.1) is 7.95 Å². The predicted molar refractivity (Wildman–Crippen MR) is 74.2 cm³/mol. The molecule has 0 bridgehead atoms. The summed E-state index contributed by atoms with van der Waals surface area (Å²) in [4.78, 5) is 0. The molecule has 2 aromatic carbocycles. The van der Waals surface area contributed by atoms with Crippen molar-refractivity contribution in [3.05, 3.63) is 65.2 Å². The van der Waals surface area contributed by atoms with E-state index in [0.717, 1.165) is 11.1 Å². The van der Waals surface area contributed by atoms with Crippen LogP contribution in [0.3, 0.4) is 0 Å². The van der Waals surface area contributed by atoms with E-state index < -0.39 is 6.58 Å². The molecule has 0 heterocycles. The normalized spacial score (nSPS) is 14.1. The Morgan fingerprint density at radius 2 is 1.83 bits per heavy atom. The molecule has 0 aliphatic rings. The first-order valence-electron chi connectivity index (χ1n) is 6.33. The van der Waals surface area contributed by atoms with Gasteiger partial charge in [-0.15, -0.1) is 0 Å². The van der Waals surface area contributed by atoms with Crippen LogP contribution in [0.5, 0.6) is 5.75 Å². The third-order valence-corrected chi connectivity index (χ3v) is 2.84. The Morgan fingerprint density at radius 1 is 1.17 bits per heavy atom. The maximum Gasteiger partial charge on any atom is 0.122 e. The van der Waals surface area contributed by atoms with E-state index in [4.69, 9.17) is 1.37 Å². The monoisotopic (exact) mass is 242 g/mol. The molecule has 2 rings (SSSR count). The van der Waals surface area contributed by atoms with Gasteiger partial charge in [0.15, 0.2) is 0 Å². The highest BCUT2D eigenvalue weighted by Crippen LogP contribution is 2.25. The van der Waals surface area contributed by atoms with Gasteiger partial charge in [0.1, 0.15) is 5.75 Å². The van der Waals surface area contributed by atoms with E-state index in [2.05, 4.69) is 0 Å². The molecule has 0 aliphatic heterocycles. The number of phenols is 1. The van der Waals surface area contributed by atoms with Gasteiger partial charge in [-0.25, -0.2) is 0 Å². The van der Waals surface area contributed by atoms with Gasteiger partial charge in [0.2, 0.25) is 0 Å². The van der Waals surface area contributed by atoms with Gasteiger partial charge in [-0.1, -0.05) is 42.5 Å². The van der Waals surface area contributed by atoms with Gasteiger partial charge in [-0.3, -0.25) is 0 Å². The highest BCUT2D eigenvalue weighted by molar-refractivity contribution is 5.84. The number of aliphatic hydroxyl groups is 1. The van der Waals surface area contributed by atoms with Gasteiger partial charge >= 0.3 is 0 Å². The second kappa shape index (κ2) is 5.52. The third-order valence-electron chi connectivity index (χ3n) is 2.84. The van der Waals surface area contributed by atoms with E-state index in [-0.39, 0.29) is 5.75 Å². The molecule has 0 spiro atoms. The van der Waals surface area contributed by atoms with E-state index in [1.165, 1.54) is 0 Å². The van der Waals surface area contributed by atoms with Crippen LogP contribution in [0.4, 0.5) is 0 Å². The second-order valence-electron chi connectivity index (χ2n) is 4.10. The van der Waals surface area contributed by atoms with Crippen LogP contribution in [0.2, 0.25) is 0 Å². The molecule has 2 nitrogen and oxygen atoms in total. The van der Waals surface area contributed by atoms with Crippen LogP contribution in [0.25, 0.3) is 11.6 Å². The average molecular weight is 242 g/mol. The zero-order valence-corrected chi connectivity index (χ0v) is 10.2. The lowest BCUT2D eigenvalue weighted by molar-refractivity contribution is 0.350.